The van der Waals surface area contributed by atoms with Crippen LogP contribution in [0.5, 0.6) is 0 Å². The standard InChI is InChI=1S/C18H17ClN4O4/c1-10-6-11(23-15(19)7-13-16(23)20-9-21-17(13)24)2-3-12(10)14-8-27-5-4-22(14)18(25)26/h2-3,6-7,9,14H,4-5,8H2,1H3,(H,25,26)(H,20,21,24)/t14-/m0/s1. The van der Waals surface area contributed by atoms with Crippen LogP contribution in [0.3, 0.4) is 0 Å². The molecule has 0 radical (unpaired) electrons. The summed E-state index contributed by atoms with van der Waals surface area (Å²) < 4.78 is 7.17. The molecule has 2 aromatic heterocycles. The number of rotatable bonds is 2. The van der Waals surface area contributed by atoms with Crippen LogP contribution in [-0.4, -0.2) is 50.4 Å². The molecule has 1 aromatic carbocycles. The highest BCUT2D eigenvalue weighted by Gasteiger charge is 2.29. The summed E-state index contributed by atoms with van der Waals surface area (Å²) in [6.45, 7) is 2.96. The third kappa shape index (κ3) is 2.96. The van der Waals surface area contributed by atoms with E-state index in [1.807, 2.05) is 25.1 Å². The zero-order valence-corrected chi connectivity index (χ0v) is 15.2. The van der Waals surface area contributed by atoms with E-state index in [1.165, 1.54) is 11.2 Å². The lowest BCUT2D eigenvalue weighted by Gasteiger charge is -2.34. The van der Waals surface area contributed by atoms with Crippen LogP contribution >= 0.6 is 11.6 Å². The molecular formula is C18H17ClN4O4. The number of nitrogens with one attached hydrogen (secondary N) is 1. The summed E-state index contributed by atoms with van der Waals surface area (Å²) in [7, 11) is 0. The molecule has 0 spiro atoms. The Morgan fingerprint density at radius 2 is 2.22 bits per heavy atom. The normalized spacial score (nSPS) is 17.4. The Balaban J connectivity index is 1.79. The van der Waals surface area contributed by atoms with Crippen molar-refractivity contribution in [2.75, 3.05) is 19.8 Å². The van der Waals surface area contributed by atoms with Gasteiger partial charge in [-0.3, -0.25) is 14.3 Å². The van der Waals surface area contributed by atoms with Crippen LogP contribution in [0, 0.1) is 6.92 Å². The van der Waals surface area contributed by atoms with E-state index in [9.17, 15) is 14.7 Å². The van der Waals surface area contributed by atoms with Crippen LogP contribution in [0.2, 0.25) is 5.15 Å². The second kappa shape index (κ2) is 6.71. The van der Waals surface area contributed by atoms with E-state index in [2.05, 4.69) is 9.97 Å². The van der Waals surface area contributed by atoms with Gasteiger partial charge >= 0.3 is 6.09 Å². The van der Waals surface area contributed by atoms with Gasteiger partial charge in [0.15, 0.2) is 5.65 Å². The zero-order chi connectivity index (χ0) is 19.1. The lowest BCUT2D eigenvalue weighted by Crippen LogP contribution is -2.42. The van der Waals surface area contributed by atoms with Crippen molar-refractivity contribution >= 4 is 28.7 Å². The number of amides is 1. The third-order valence-electron chi connectivity index (χ3n) is 4.80. The summed E-state index contributed by atoms with van der Waals surface area (Å²) in [4.78, 5) is 31.7. The molecule has 0 saturated carbocycles. The van der Waals surface area contributed by atoms with Gasteiger partial charge in [0, 0.05) is 12.2 Å². The van der Waals surface area contributed by atoms with Crippen molar-refractivity contribution in [2.45, 2.75) is 13.0 Å². The topological polar surface area (TPSA) is 100 Å². The van der Waals surface area contributed by atoms with E-state index < -0.39 is 6.09 Å². The fraction of sp³-hybridized carbons (Fsp3) is 0.278. The first-order valence-corrected chi connectivity index (χ1v) is 8.78. The summed E-state index contributed by atoms with van der Waals surface area (Å²) >= 11 is 6.34. The maximum absolute atomic E-state index is 12.0. The quantitative estimate of drug-likeness (QED) is 0.703. The van der Waals surface area contributed by atoms with Gasteiger partial charge in [-0.2, -0.15) is 0 Å². The Hall–Kier alpha value is -2.84. The fourth-order valence-corrected chi connectivity index (χ4v) is 3.79. The number of halogens is 1. The molecule has 3 aromatic rings. The number of carboxylic acid groups (broad SMARTS) is 1. The molecule has 8 nitrogen and oxygen atoms in total. The number of ether oxygens (including phenoxy) is 1. The average molecular weight is 389 g/mol. The van der Waals surface area contributed by atoms with Gasteiger partial charge in [0.2, 0.25) is 0 Å². The largest absolute Gasteiger partial charge is 0.465 e. The number of fused-ring (bicyclic) bond motifs is 1. The molecule has 1 aliphatic heterocycles. The molecule has 1 fully saturated rings. The van der Waals surface area contributed by atoms with Gasteiger partial charge in [0.25, 0.3) is 5.56 Å². The second-order valence-corrected chi connectivity index (χ2v) is 6.77. The molecule has 1 aliphatic rings. The first kappa shape index (κ1) is 17.6. The van der Waals surface area contributed by atoms with Crippen molar-refractivity contribution in [3.05, 3.63) is 57.2 Å². The van der Waals surface area contributed by atoms with Crippen LogP contribution < -0.4 is 5.56 Å². The monoisotopic (exact) mass is 388 g/mol. The van der Waals surface area contributed by atoms with Gasteiger partial charge in [-0.1, -0.05) is 17.7 Å². The van der Waals surface area contributed by atoms with Crippen LogP contribution in [0.1, 0.15) is 17.2 Å². The molecule has 9 heteroatoms. The van der Waals surface area contributed by atoms with E-state index in [0.29, 0.717) is 35.9 Å². The van der Waals surface area contributed by atoms with Gasteiger partial charge in [-0.15, -0.1) is 0 Å². The number of aromatic amines is 1. The third-order valence-corrected chi connectivity index (χ3v) is 5.08. The van der Waals surface area contributed by atoms with Crippen molar-refractivity contribution < 1.29 is 14.6 Å². The summed E-state index contributed by atoms with van der Waals surface area (Å²) in [6.07, 6.45) is 0.373. The minimum Gasteiger partial charge on any atom is -0.465 e. The van der Waals surface area contributed by atoms with Gasteiger partial charge in [0.1, 0.15) is 5.15 Å². The number of benzene rings is 1. The SMILES string of the molecule is Cc1cc(-n2c(Cl)cc3c(=O)[nH]cnc32)ccc1[C@@H]1COCCN1C(=O)O. The van der Waals surface area contributed by atoms with E-state index in [1.54, 1.807) is 10.6 Å². The summed E-state index contributed by atoms with van der Waals surface area (Å²) in [5.41, 5.74) is 2.72. The average Bonchev–Trinajstić information content (AvgIpc) is 2.99. The van der Waals surface area contributed by atoms with E-state index >= 15 is 0 Å². The maximum Gasteiger partial charge on any atom is 0.407 e. The summed E-state index contributed by atoms with van der Waals surface area (Å²) in [6, 6.07) is 6.83. The molecule has 0 bridgehead atoms. The molecule has 27 heavy (non-hydrogen) atoms. The zero-order valence-electron chi connectivity index (χ0n) is 14.5. The minimum absolute atomic E-state index is 0.259. The van der Waals surface area contributed by atoms with Gasteiger partial charge < -0.3 is 14.8 Å². The van der Waals surface area contributed by atoms with E-state index in [4.69, 9.17) is 16.3 Å². The molecule has 1 amide bonds. The van der Waals surface area contributed by atoms with Crippen molar-refractivity contribution in [1.29, 1.82) is 0 Å². The van der Waals surface area contributed by atoms with Crippen molar-refractivity contribution in [2.24, 2.45) is 0 Å². The first-order chi connectivity index (χ1) is 13.0. The molecule has 1 atom stereocenters. The number of aromatic nitrogens is 3. The Labute approximate surface area is 159 Å². The Kier molecular flexibility index (Phi) is 4.37. The molecular weight excluding hydrogens is 372 g/mol. The minimum atomic E-state index is -0.963. The van der Waals surface area contributed by atoms with Crippen LogP contribution in [0.4, 0.5) is 4.79 Å². The predicted molar refractivity (Wildman–Crippen MR) is 99.7 cm³/mol. The second-order valence-electron chi connectivity index (χ2n) is 6.38. The number of hydrogen-bond acceptors (Lipinski definition) is 4. The Morgan fingerprint density at radius 1 is 1.41 bits per heavy atom. The number of morpholine rings is 1. The fourth-order valence-electron chi connectivity index (χ4n) is 3.50. The van der Waals surface area contributed by atoms with E-state index in [0.717, 1.165) is 16.8 Å². The molecule has 140 valence electrons. The number of nitrogens with zero attached hydrogens (tertiary/aromatic N) is 3. The lowest BCUT2D eigenvalue weighted by atomic mass is 9.99. The number of H-pyrrole nitrogens is 1. The smallest absolute Gasteiger partial charge is 0.407 e. The highest BCUT2D eigenvalue weighted by Crippen LogP contribution is 2.30. The maximum atomic E-state index is 12.0. The van der Waals surface area contributed by atoms with Gasteiger partial charge in [0.05, 0.1) is 31.0 Å². The van der Waals surface area contributed by atoms with Gasteiger partial charge in [-0.05, 0) is 36.2 Å². The summed E-state index contributed by atoms with van der Waals surface area (Å²) in [5, 5.41) is 10.2. The van der Waals surface area contributed by atoms with Crippen LogP contribution in [0.15, 0.2) is 35.4 Å². The molecule has 4 rings (SSSR count). The van der Waals surface area contributed by atoms with E-state index in [-0.39, 0.29) is 11.6 Å². The molecule has 0 unspecified atom stereocenters. The Bertz CT molecular complexity index is 1090. The first-order valence-electron chi connectivity index (χ1n) is 8.40. The highest BCUT2D eigenvalue weighted by atomic mass is 35.5. The predicted octanol–water partition coefficient (Wildman–Crippen LogP) is 2.73. The van der Waals surface area contributed by atoms with Crippen LogP contribution in [0.25, 0.3) is 16.7 Å². The number of hydrogen-bond donors (Lipinski definition) is 2. The molecule has 0 aliphatic carbocycles. The van der Waals surface area contributed by atoms with Crippen molar-refractivity contribution in [3.63, 3.8) is 0 Å². The van der Waals surface area contributed by atoms with Crippen molar-refractivity contribution in [3.8, 4) is 5.69 Å². The molecule has 1 saturated heterocycles. The Morgan fingerprint density at radius 3 is 2.96 bits per heavy atom. The van der Waals surface area contributed by atoms with Crippen molar-refractivity contribution in [1.82, 2.24) is 19.4 Å². The van der Waals surface area contributed by atoms with Crippen LogP contribution in [-0.2, 0) is 4.74 Å². The molecule has 2 N–H and O–H groups in total. The van der Waals surface area contributed by atoms with Gasteiger partial charge in [-0.25, -0.2) is 9.78 Å². The number of aryl methyl sites for hydroxylation is 1. The molecule has 3 heterocycles. The lowest BCUT2D eigenvalue weighted by molar-refractivity contribution is -0.00108. The number of carbonyl (C=O) groups is 1. The summed E-state index contributed by atoms with van der Waals surface area (Å²) in [5.74, 6) is 0. The highest BCUT2D eigenvalue weighted by molar-refractivity contribution is 6.31.